The molecule has 1 aliphatic heterocycles. The summed E-state index contributed by atoms with van der Waals surface area (Å²) in [7, 11) is 1.58. The van der Waals surface area contributed by atoms with E-state index >= 15 is 0 Å². The highest BCUT2D eigenvalue weighted by Crippen LogP contribution is 2.16. The molecule has 1 aliphatic rings. The van der Waals surface area contributed by atoms with Crippen LogP contribution in [-0.4, -0.2) is 60.9 Å². The van der Waals surface area contributed by atoms with Crippen molar-refractivity contribution in [1.29, 1.82) is 0 Å². The molecule has 0 radical (unpaired) electrons. The fraction of sp³-hybridized carbons (Fsp3) is 0.529. The number of carbonyl (C=O) groups excluding carboxylic acids is 2. The summed E-state index contributed by atoms with van der Waals surface area (Å²) in [6.07, 6.45) is 1.59. The lowest BCUT2D eigenvalue weighted by Crippen LogP contribution is -2.54. The number of amides is 2. The van der Waals surface area contributed by atoms with Crippen LogP contribution in [0.3, 0.4) is 0 Å². The van der Waals surface area contributed by atoms with Gasteiger partial charge in [0.05, 0.1) is 13.2 Å². The van der Waals surface area contributed by atoms with Crippen LogP contribution in [0.5, 0.6) is 5.75 Å². The number of nitrogens with zero attached hydrogens (tertiary/aromatic N) is 2. The molecule has 134 valence electrons. The van der Waals surface area contributed by atoms with Gasteiger partial charge in [-0.25, -0.2) is 0 Å². The monoisotopic (exact) mass is 355 g/mol. The van der Waals surface area contributed by atoms with Crippen molar-refractivity contribution >= 4 is 24.2 Å². The Kier molecular flexibility index (Phi) is 8.01. The predicted molar refractivity (Wildman–Crippen MR) is 95.6 cm³/mol. The molecule has 1 aromatic rings. The van der Waals surface area contributed by atoms with Gasteiger partial charge in [0, 0.05) is 31.7 Å². The average molecular weight is 356 g/mol. The van der Waals surface area contributed by atoms with Crippen LogP contribution >= 0.6 is 12.4 Å². The van der Waals surface area contributed by atoms with Crippen LogP contribution in [0.25, 0.3) is 0 Å². The summed E-state index contributed by atoms with van der Waals surface area (Å²) >= 11 is 0. The maximum atomic E-state index is 12.5. The normalized spacial score (nSPS) is 15.5. The highest BCUT2D eigenvalue weighted by atomic mass is 35.5. The molecule has 0 aromatic heterocycles. The lowest BCUT2D eigenvalue weighted by molar-refractivity contribution is -0.134. The minimum atomic E-state index is -0.430. The van der Waals surface area contributed by atoms with E-state index in [0.717, 1.165) is 6.42 Å². The van der Waals surface area contributed by atoms with Gasteiger partial charge in [-0.3, -0.25) is 9.59 Å². The van der Waals surface area contributed by atoms with E-state index in [1.54, 1.807) is 35.1 Å². The number of methoxy groups -OCH3 is 1. The van der Waals surface area contributed by atoms with E-state index in [0.29, 0.717) is 43.9 Å². The molecule has 1 atom stereocenters. The molecule has 0 bridgehead atoms. The molecule has 1 unspecified atom stereocenters. The first-order valence-electron chi connectivity index (χ1n) is 8.04. The number of ether oxygens (including phenoxy) is 1. The average Bonchev–Trinajstić information content (AvgIpc) is 2.60. The van der Waals surface area contributed by atoms with E-state index in [9.17, 15) is 9.59 Å². The first-order chi connectivity index (χ1) is 11.1. The Morgan fingerprint density at radius 2 is 1.83 bits per heavy atom. The third-order valence-electron chi connectivity index (χ3n) is 4.11. The minimum Gasteiger partial charge on any atom is -0.497 e. The predicted octanol–water partition coefficient (Wildman–Crippen LogP) is 1.53. The number of carbonyl (C=O) groups is 2. The maximum Gasteiger partial charge on any atom is 0.254 e. The third-order valence-corrected chi connectivity index (χ3v) is 4.11. The topological polar surface area (TPSA) is 75.9 Å². The summed E-state index contributed by atoms with van der Waals surface area (Å²) in [6, 6.07) is 6.69. The Hall–Kier alpha value is -1.79. The van der Waals surface area contributed by atoms with Gasteiger partial charge < -0.3 is 20.3 Å². The van der Waals surface area contributed by atoms with Crippen LogP contribution in [-0.2, 0) is 4.79 Å². The quantitative estimate of drug-likeness (QED) is 0.869. The maximum absolute atomic E-state index is 12.5. The lowest BCUT2D eigenvalue weighted by Gasteiger charge is -2.36. The first-order valence-corrected chi connectivity index (χ1v) is 8.04. The summed E-state index contributed by atoms with van der Waals surface area (Å²) in [5.74, 6) is 0.615. The second-order valence-electron chi connectivity index (χ2n) is 5.74. The van der Waals surface area contributed by atoms with Crippen molar-refractivity contribution < 1.29 is 14.3 Å². The molecule has 7 heteroatoms. The highest BCUT2D eigenvalue weighted by Gasteiger charge is 2.27. The van der Waals surface area contributed by atoms with Gasteiger partial charge in [0.1, 0.15) is 5.75 Å². The van der Waals surface area contributed by atoms with Crippen LogP contribution in [0.2, 0.25) is 0 Å². The molecule has 1 heterocycles. The summed E-state index contributed by atoms with van der Waals surface area (Å²) < 4.78 is 5.15. The molecular weight excluding hydrogens is 330 g/mol. The fourth-order valence-electron chi connectivity index (χ4n) is 2.74. The SMILES string of the molecule is CCCC(N)C(=O)N1CCN(C(=O)c2cccc(OC)c2)CC1.Cl. The van der Waals surface area contributed by atoms with Crippen molar-refractivity contribution in [1.82, 2.24) is 9.80 Å². The highest BCUT2D eigenvalue weighted by molar-refractivity contribution is 5.94. The van der Waals surface area contributed by atoms with Gasteiger partial charge in [-0.05, 0) is 24.6 Å². The molecule has 0 aliphatic carbocycles. The van der Waals surface area contributed by atoms with Crippen molar-refractivity contribution in [3.8, 4) is 5.75 Å². The van der Waals surface area contributed by atoms with Gasteiger partial charge in [-0.15, -0.1) is 12.4 Å². The van der Waals surface area contributed by atoms with Crippen LogP contribution < -0.4 is 10.5 Å². The molecule has 1 aromatic carbocycles. The molecule has 2 N–H and O–H groups in total. The number of hydrogen-bond acceptors (Lipinski definition) is 4. The van der Waals surface area contributed by atoms with Crippen LogP contribution in [0.4, 0.5) is 0 Å². The number of benzene rings is 1. The Labute approximate surface area is 149 Å². The number of rotatable bonds is 5. The third kappa shape index (κ3) is 4.85. The number of hydrogen-bond donors (Lipinski definition) is 1. The second kappa shape index (κ2) is 9.49. The summed E-state index contributed by atoms with van der Waals surface area (Å²) in [4.78, 5) is 28.2. The molecular formula is C17H26ClN3O3. The minimum absolute atomic E-state index is 0. The summed E-state index contributed by atoms with van der Waals surface area (Å²) in [6.45, 7) is 4.14. The first kappa shape index (κ1) is 20.3. The Bertz CT molecular complexity index is 560. The van der Waals surface area contributed by atoms with Crippen LogP contribution in [0.15, 0.2) is 24.3 Å². The van der Waals surface area contributed by atoms with E-state index in [1.807, 2.05) is 13.0 Å². The van der Waals surface area contributed by atoms with E-state index in [-0.39, 0.29) is 24.2 Å². The Balaban J connectivity index is 0.00000288. The van der Waals surface area contributed by atoms with Crippen molar-refractivity contribution in [3.05, 3.63) is 29.8 Å². The molecule has 24 heavy (non-hydrogen) atoms. The second-order valence-corrected chi connectivity index (χ2v) is 5.74. The molecule has 6 nitrogen and oxygen atoms in total. The molecule has 2 amide bonds. The summed E-state index contributed by atoms with van der Waals surface area (Å²) in [5.41, 5.74) is 6.49. The van der Waals surface area contributed by atoms with Crippen molar-refractivity contribution in [3.63, 3.8) is 0 Å². The zero-order valence-electron chi connectivity index (χ0n) is 14.2. The molecule has 2 rings (SSSR count). The largest absolute Gasteiger partial charge is 0.497 e. The molecule has 0 saturated carbocycles. The summed E-state index contributed by atoms with van der Waals surface area (Å²) in [5, 5.41) is 0. The van der Waals surface area contributed by atoms with Crippen LogP contribution in [0.1, 0.15) is 30.1 Å². The van der Waals surface area contributed by atoms with Gasteiger partial charge in [0.2, 0.25) is 5.91 Å². The smallest absolute Gasteiger partial charge is 0.254 e. The Morgan fingerprint density at radius 1 is 1.21 bits per heavy atom. The van der Waals surface area contributed by atoms with E-state index in [2.05, 4.69) is 0 Å². The van der Waals surface area contributed by atoms with E-state index < -0.39 is 6.04 Å². The van der Waals surface area contributed by atoms with E-state index in [4.69, 9.17) is 10.5 Å². The molecule has 1 saturated heterocycles. The number of piperazine rings is 1. The fourth-order valence-corrected chi connectivity index (χ4v) is 2.74. The van der Waals surface area contributed by atoms with Gasteiger partial charge in [-0.2, -0.15) is 0 Å². The zero-order chi connectivity index (χ0) is 16.8. The zero-order valence-corrected chi connectivity index (χ0v) is 15.1. The van der Waals surface area contributed by atoms with E-state index in [1.165, 1.54) is 0 Å². The number of nitrogens with two attached hydrogens (primary N) is 1. The standard InChI is InChI=1S/C17H25N3O3.ClH/c1-3-5-15(18)17(22)20-10-8-19(9-11-20)16(21)13-6-4-7-14(12-13)23-2;/h4,6-7,12,15H,3,5,8-11,18H2,1-2H3;1H. The Morgan fingerprint density at radius 3 is 2.42 bits per heavy atom. The molecule has 1 fully saturated rings. The molecule has 0 spiro atoms. The van der Waals surface area contributed by atoms with Gasteiger partial charge >= 0.3 is 0 Å². The van der Waals surface area contributed by atoms with Gasteiger partial charge in [0.25, 0.3) is 5.91 Å². The van der Waals surface area contributed by atoms with Crippen molar-refractivity contribution in [2.45, 2.75) is 25.8 Å². The number of halogens is 1. The van der Waals surface area contributed by atoms with Crippen molar-refractivity contribution in [2.24, 2.45) is 5.73 Å². The van der Waals surface area contributed by atoms with Crippen LogP contribution in [0, 0.1) is 0 Å². The lowest BCUT2D eigenvalue weighted by atomic mass is 10.1. The van der Waals surface area contributed by atoms with Gasteiger partial charge in [-0.1, -0.05) is 19.4 Å². The van der Waals surface area contributed by atoms with Gasteiger partial charge in [0.15, 0.2) is 0 Å². The van der Waals surface area contributed by atoms with Crippen molar-refractivity contribution in [2.75, 3.05) is 33.3 Å².